The van der Waals surface area contributed by atoms with Crippen LogP contribution in [-0.2, 0) is 17.7 Å². The number of hydrogen-bond acceptors (Lipinski definition) is 7. The molecule has 9 heteroatoms. The average Bonchev–Trinajstić information content (AvgIpc) is 2.72. The molecule has 0 aliphatic rings. The molecule has 150 valence electrons. The van der Waals surface area contributed by atoms with Gasteiger partial charge in [0.15, 0.2) is 0 Å². The molecule has 0 spiro atoms. The van der Waals surface area contributed by atoms with Crippen molar-refractivity contribution in [3.8, 4) is 11.9 Å². The van der Waals surface area contributed by atoms with Crippen LogP contribution in [0.2, 0.25) is 0 Å². The summed E-state index contributed by atoms with van der Waals surface area (Å²) in [6.07, 6.45) is 2.93. The molecule has 0 aliphatic carbocycles. The summed E-state index contributed by atoms with van der Waals surface area (Å²) in [6, 6.07) is 11.8. The van der Waals surface area contributed by atoms with Crippen molar-refractivity contribution in [2.24, 2.45) is 0 Å². The molecule has 0 radical (unpaired) electrons. The minimum Gasteiger partial charge on any atom is -0.760 e. The van der Waals surface area contributed by atoms with Crippen LogP contribution < -0.4 is 14.8 Å². The summed E-state index contributed by atoms with van der Waals surface area (Å²) in [5.41, 5.74) is 5.07. The third kappa shape index (κ3) is 5.06. The summed E-state index contributed by atoms with van der Waals surface area (Å²) in [5.74, 6) is 0.344. The predicted octanol–water partition coefficient (Wildman–Crippen LogP) is 2.88. The van der Waals surface area contributed by atoms with Crippen molar-refractivity contribution >= 4 is 33.7 Å². The highest BCUT2D eigenvalue weighted by atomic mass is 32.2. The van der Waals surface area contributed by atoms with Crippen LogP contribution in [0.4, 0.5) is 11.4 Å². The molecule has 1 heterocycles. The van der Waals surface area contributed by atoms with Crippen molar-refractivity contribution in [3.63, 3.8) is 0 Å². The molecule has 0 bridgehead atoms. The lowest BCUT2D eigenvalue weighted by molar-refractivity contribution is 0.397. The minimum atomic E-state index is -2.24. The number of aryl methyl sites for hydroxylation is 2. The maximum Gasteiger partial charge on any atom is 0.232 e. The molecule has 0 saturated carbocycles. The number of rotatable bonds is 8. The Labute approximate surface area is 171 Å². The molecule has 0 saturated heterocycles. The first-order valence-corrected chi connectivity index (χ1v) is 10.0. The first-order chi connectivity index (χ1) is 14.0. The Morgan fingerprint density at radius 2 is 2.10 bits per heavy atom. The van der Waals surface area contributed by atoms with Gasteiger partial charge in [-0.2, -0.15) is 5.26 Å². The van der Waals surface area contributed by atoms with Gasteiger partial charge in [0.1, 0.15) is 17.1 Å². The number of anilines is 2. The second-order valence-corrected chi connectivity index (χ2v) is 7.14. The molecule has 3 rings (SSSR count). The summed E-state index contributed by atoms with van der Waals surface area (Å²) >= 11 is -2.24. The van der Waals surface area contributed by atoms with Crippen molar-refractivity contribution in [1.29, 1.82) is 5.26 Å². The standard InChI is InChI=1S/C20H21N5O3S/c1-13-5-6-14(4-3-9-23-29(26)27)10-18(13)24-16-7-8-17-20(15(16)11-21)25-19(28-2)12-22-17/h5-8,10,12,23-24H,3-4,9H2,1-2H3,(H,26,27)/p-1. The van der Waals surface area contributed by atoms with Gasteiger partial charge in [-0.05, 0) is 49.1 Å². The molecule has 2 aromatic carbocycles. The van der Waals surface area contributed by atoms with E-state index in [9.17, 15) is 14.0 Å². The fourth-order valence-electron chi connectivity index (χ4n) is 2.93. The Hall–Kier alpha value is -3.06. The van der Waals surface area contributed by atoms with E-state index in [4.69, 9.17) is 4.74 Å². The van der Waals surface area contributed by atoms with Crippen molar-refractivity contribution < 1.29 is 13.5 Å². The van der Waals surface area contributed by atoms with Gasteiger partial charge in [0, 0.05) is 23.5 Å². The van der Waals surface area contributed by atoms with Crippen molar-refractivity contribution in [2.45, 2.75) is 19.8 Å². The molecule has 29 heavy (non-hydrogen) atoms. The molecule has 1 atom stereocenters. The zero-order valence-electron chi connectivity index (χ0n) is 16.1. The van der Waals surface area contributed by atoms with E-state index in [0.29, 0.717) is 41.1 Å². The summed E-state index contributed by atoms with van der Waals surface area (Å²) in [6.45, 7) is 2.36. The molecule has 0 aliphatic heterocycles. The van der Waals surface area contributed by atoms with Crippen LogP contribution in [-0.4, -0.2) is 32.4 Å². The molecule has 8 nitrogen and oxygen atoms in total. The van der Waals surface area contributed by atoms with Crippen LogP contribution in [0.5, 0.6) is 5.88 Å². The lowest BCUT2D eigenvalue weighted by Crippen LogP contribution is -2.18. The molecular formula is C20H20N5O3S-. The number of nitrogens with zero attached hydrogens (tertiary/aromatic N) is 3. The Morgan fingerprint density at radius 3 is 2.83 bits per heavy atom. The van der Waals surface area contributed by atoms with E-state index >= 15 is 0 Å². The van der Waals surface area contributed by atoms with Crippen molar-refractivity contribution in [2.75, 3.05) is 19.0 Å². The van der Waals surface area contributed by atoms with Gasteiger partial charge in [-0.1, -0.05) is 12.1 Å². The largest absolute Gasteiger partial charge is 0.760 e. The number of aromatic nitrogens is 2. The lowest BCUT2D eigenvalue weighted by atomic mass is 10.0. The summed E-state index contributed by atoms with van der Waals surface area (Å²) in [5, 5.41) is 13.0. The van der Waals surface area contributed by atoms with E-state index in [2.05, 4.69) is 26.1 Å². The third-order valence-corrected chi connectivity index (χ3v) is 4.89. The first-order valence-electron chi connectivity index (χ1n) is 8.95. The second-order valence-electron chi connectivity index (χ2n) is 6.39. The quantitative estimate of drug-likeness (QED) is 0.432. The molecule has 0 amide bonds. The summed E-state index contributed by atoms with van der Waals surface area (Å²) in [4.78, 5) is 8.64. The van der Waals surface area contributed by atoms with Gasteiger partial charge >= 0.3 is 0 Å². The van der Waals surface area contributed by atoms with E-state index < -0.39 is 11.3 Å². The molecule has 1 unspecified atom stereocenters. The predicted molar refractivity (Wildman–Crippen MR) is 111 cm³/mol. The van der Waals surface area contributed by atoms with E-state index in [1.165, 1.54) is 13.3 Å². The third-order valence-electron chi connectivity index (χ3n) is 4.45. The van der Waals surface area contributed by atoms with Gasteiger partial charge in [0.2, 0.25) is 5.88 Å². The Balaban J connectivity index is 1.87. The highest BCUT2D eigenvalue weighted by Crippen LogP contribution is 2.29. The van der Waals surface area contributed by atoms with Gasteiger partial charge in [-0.15, -0.1) is 0 Å². The zero-order valence-corrected chi connectivity index (χ0v) is 16.9. The topological polar surface area (TPSA) is 123 Å². The van der Waals surface area contributed by atoms with Gasteiger partial charge < -0.3 is 14.6 Å². The van der Waals surface area contributed by atoms with Crippen LogP contribution in [0.15, 0.2) is 36.5 Å². The number of nitrogens with one attached hydrogen (secondary N) is 2. The number of benzene rings is 2. The molecular weight excluding hydrogens is 390 g/mol. The highest BCUT2D eigenvalue weighted by Gasteiger charge is 2.12. The number of methoxy groups -OCH3 is 1. The molecule has 0 fully saturated rings. The minimum absolute atomic E-state index is 0.344. The normalized spacial score (nSPS) is 11.8. The summed E-state index contributed by atoms with van der Waals surface area (Å²) < 4.78 is 28.6. The molecule has 2 N–H and O–H groups in total. The number of fused-ring (bicyclic) bond motifs is 1. The molecule has 3 aromatic rings. The van der Waals surface area contributed by atoms with E-state index in [-0.39, 0.29) is 0 Å². The first kappa shape index (κ1) is 20.7. The lowest BCUT2D eigenvalue weighted by Gasteiger charge is -2.14. The van der Waals surface area contributed by atoms with Crippen molar-refractivity contribution in [1.82, 2.24) is 14.7 Å². The van der Waals surface area contributed by atoms with Crippen LogP contribution >= 0.6 is 0 Å². The van der Waals surface area contributed by atoms with Crippen LogP contribution in [0.1, 0.15) is 23.1 Å². The fraction of sp³-hybridized carbons (Fsp3) is 0.250. The van der Waals surface area contributed by atoms with Crippen molar-refractivity contribution in [3.05, 3.63) is 53.2 Å². The zero-order chi connectivity index (χ0) is 20.8. The van der Waals surface area contributed by atoms with E-state index in [1.807, 2.05) is 31.2 Å². The Bertz CT molecular complexity index is 1100. The van der Waals surface area contributed by atoms with Crippen LogP contribution in [0.25, 0.3) is 11.0 Å². The number of nitriles is 1. The van der Waals surface area contributed by atoms with Crippen LogP contribution in [0.3, 0.4) is 0 Å². The van der Waals surface area contributed by atoms with Gasteiger partial charge in [0.25, 0.3) is 0 Å². The average molecular weight is 410 g/mol. The Kier molecular flexibility index (Phi) is 6.72. The Morgan fingerprint density at radius 1 is 1.28 bits per heavy atom. The SMILES string of the molecule is COc1cnc2ccc(Nc3cc(CCCNS(=O)[O-])ccc3C)c(C#N)c2n1. The van der Waals surface area contributed by atoms with E-state index in [0.717, 1.165) is 23.2 Å². The monoisotopic (exact) mass is 410 g/mol. The van der Waals surface area contributed by atoms with Crippen LogP contribution in [0, 0.1) is 18.3 Å². The van der Waals surface area contributed by atoms with Gasteiger partial charge in [0.05, 0.1) is 24.5 Å². The fourth-order valence-corrected chi connectivity index (χ4v) is 3.24. The summed E-state index contributed by atoms with van der Waals surface area (Å²) in [7, 11) is 1.50. The van der Waals surface area contributed by atoms with Gasteiger partial charge in [-0.25, -0.2) is 14.7 Å². The maximum absolute atomic E-state index is 10.5. The van der Waals surface area contributed by atoms with E-state index in [1.54, 1.807) is 6.07 Å². The number of hydrogen-bond donors (Lipinski definition) is 2. The second kappa shape index (κ2) is 9.43. The maximum atomic E-state index is 10.5. The van der Waals surface area contributed by atoms with Gasteiger partial charge in [-0.3, -0.25) is 4.21 Å². The highest BCUT2D eigenvalue weighted by molar-refractivity contribution is 7.77. The number of ether oxygens (including phenoxy) is 1. The smallest absolute Gasteiger partial charge is 0.232 e. The molecule has 1 aromatic heterocycles.